The van der Waals surface area contributed by atoms with Crippen LogP contribution in [0.25, 0.3) is 5.69 Å². The molecule has 3 aromatic rings. The standard InChI is InChI=1S/C23H19FN4OS2/c1-14-15(2)28(18-9-7-17(24)8-10-18)22(19(14)11-25)27-21(29)13-31-23-26-20-6-4-3-5-16(20)12-30-23/h3-10H,12-13H2,1-2H3,(H,27,29). The van der Waals surface area contributed by atoms with E-state index in [1.807, 2.05) is 32.0 Å². The summed E-state index contributed by atoms with van der Waals surface area (Å²) in [6.45, 7) is 3.71. The number of carbonyl (C=O) groups excluding carboxylic acids is 1. The number of nitriles is 1. The van der Waals surface area contributed by atoms with Crippen LogP contribution in [0.2, 0.25) is 0 Å². The van der Waals surface area contributed by atoms with Gasteiger partial charge in [-0.2, -0.15) is 5.26 Å². The van der Waals surface area contributed by atoms with Crippen LogP contribution in [0.5, 0.6) is 0 Å². The highest BCUT2D eigenvalue weighted by Crippen LogP contribution is 2.35. The highest BCUT2D eigenvalue weighted by molar-refractivity contribution is 8.38. The van der Waals surface area contributed by atoms with E-state index in [0.717, 1.165) is 27.1 Å². The lowest BCUT2D eigenvalue weighted by molar-refractivity contribution is -0.113. The number of hydrogen-bond acceptors (Lipinski definition) is 5. The second-order valence-electron chi connectivity index (χ2n) is 6.99. The molecule has 0 atom stereocenters. The Hall–Kier alpha value is -3.02. The molecule has 0 radical (unpaired) electrons. The highest BCUT2D eigenvalue weighted by Gasteiger charge is 2.21. The summed E-state index contributed by atoms with van der Waals surface area (Å²) in [5.74, 6) is 0.822. The normalized spacial score (nSPS) is 12.6. The van der Waals surface area contributed by atoms with Crippen molar-refractivity contribution < 1.29 is 9.18 Å². The van der Waals surface area contributed by atoms with Gasteiger partial charge >= 0.3 is 0 Å². The van der Waals surface area contributed by atoms with E-state index in [2.05, 4.69) is 22.4 Å². The third-order valence-electron chi connectivity index (χ3n) is 5.05. The fourth-order valence-electron chi connectivity index (χ4n) is 3.36. The zero-order valence-corrected chi connectivity index (χ0v) is 18.6. The van der Waals surface area contributed by atoms with Gasteiger partial charge in [0.1, 0.15) is 22.1 Å². The molecule has 5 nitrogen and oxygen atoms in total. The minimum Gasteiger partial charge on any atom is -0.310 e. The summed E-state index contributed by atoms with van der Waals surface area (Å²) in [5, 5.41) is 12.6. The molecule has 2 aromatic carbocycles. The third kappa shape index (κ3) is 4.38. The van der Waals surface area contributed by atoms with Crippen LogP contribution in [0.1, 0.15) is 22.4 Å². The van der Waals surface area contributed by atoms with Gasteiger partial charge in [0.05, 0.1) is 17.0 Å². The Morgan fingerprint density at radius 3 is 2.74 bits per heavy atom. The molecule has 0 unspecified atom stereocenters. The van der Waals surface area contributed by atoms with Crippen molar-refractivity contribution in [1.29, 1.82) is 5.26 Å². The lowest BCUT2D eigenvalue weighted by Gasteiger charge is -2.15. The van der Waals surface area contributed by atoms with Gasteiger partial charge in [0.25, 0.3) is 0 Å². The molecule has 0 fully saturated rings. The number of aliphatic imine (C=N–C) groups is 1. The van der Waals surface area contributed by atoms with Crippen molar-refractivity contribution in [2.75, 3.05) is 11.1 Å². The Kier molecular flexibility index (Phi) is 6.16. The van der Waals surface area contributed by atoms with Crippen LogP contribution in [0, 0.1) is 31.0 Å². The van der Waals surface area contributed by atoms with Crippen molar-refractivity contribution in [1.82, 2.24) is 4.57 Å². The summed E-state index contributed by atoms with van der Waals surface area (Å²) in [5.41, 5.74) is 4.79. The van der Waals surface area contributed by atoms with E-state index < -0.39 is 0 Å². The van der Waals surface area contributed by atoms with Crippen LogP contribution in [0.3, 0.4) is 0 Å². The molecule has 1 aliphatic heterocycles. The first-order chi connectivity index (χ1) is 15.0. The Labute approximate surface area is 188 Å². The van der Waals surface area contributed by atoms with Gasteiger partial charge in [0.15, 0.2) is 0 Å². The van der Waals surface area contributed by atoms with Crippen molar-refractivity contribution in [3.63, 3.8) is 0 Å². The molecular formula is C23H19FN4OS2. The van der Waals surface area contributed by atoms with Crippen LogP contribution in [-0.2, 0) is 10.5 Å². The van der Waals surface area contributed by atoms with E-state index in [0.29, 0.717) is 17.1 Å². The van der Waals surface area contributed by atoms with E-state index in [-0.39, 0.29) is 17.5 Å². The molecule has 1 amide bonds. The first-order valence-electron chi connectivity index (χ1n) is 9.58. The maximum atomic E-state index is 13.4. The molecule has 0 saturated heterocycles. The number of para-hydroxylation sites is 1. The number of aromatic nitrogens is 1. The van der Waals surface area contributed by atoms with Gasteiger partial charge in [0, 0.05) is 17.1 Å². The summed E-state index contributed by atoms with van der Waals surface area (Å²) < 4.78 is 16.0. The van der Waals surface area contributed by atoms with Gasteiger partial charge < -0.3 is 5.32 Å². The van der Waals surface area contributed by atoms with Crippen molar-refractivity contribution in [3.05, 3.63) is 76.7 Å². The van der Waals surface area contributed by atoms with Crippen LogP contribution in [0.4, 0.5) is 15.9 Å². The van der Waals surface area contributed by atoms with Crippen molar-refractivity contribution in [3.8, 4) is 11.8 Å². The zero-order chi connectivity index (χ0) is 22.0. The quantitative estimate of drug-likeness (QED) is 0.553. The summed E-state index contributed by atoms with van der Waals surface area (Å²) in [6, 6.07) is 16.1. The molecule has 0 saturated carbocycles. The van der Waals surface area contributed by atoms with Crippen LogP contribution < -0.4 is 5.32 Å². The average molecular weight is 451 g/mol. The number of carbonyl (C=O) groups is 1. The summed E-state index contributed by atoms with van der Waals surface area (Å²) in [4.78, 5) is 17.4. The van der Waals surface area contributed by atoms with E-state index in [4.69, 9.17) is 0 Å². The number of halogens is 1. The Morgan fingerprint density at radius 1 is 1.26 bits per heavy atom. The fourth-order valence-corrected chi connectivity index (χ4v) is 5.22. The number of fused-ring (bicyclic) bond motifs is 1. The fraction of sp³-hybridized carbons (Fsp3) is 0.174. The Morgan fingerprint density at radius 2 is 2.00 bits per heavy atom. The lowest BCUT2D eigenvalue weighted by atomic mass is 10.2. The molecule has 1 N–H and O–H groups in total. The smallest absolute Gasteiger partial charge is 0.235 e. The molecule has 4 rings (SSSR count). The molecule has 1 aromatic heterocycles. The summed E-state index contributed by atoms with van der Waals surface area (Å²) in [7, 11) is 0. The van der Waals surface area contributed by atoms with Gasteiger partial charge in [-0.05, 0) is 55.3 Å². The number of amides is 1. The maximum Gasteiger partial charge on any atom is 0.235 e. The number of thioether (sulfide) groups is 2. The Bertz CT molecular complexity index is 1230. The minimum absolute atomic E-state index is 0.172. The largest absolute Gasteiger partial charge is 0.310 e. The molecule has 2 heterocycles. The second-order valence-corrected chi connectivity index (χ2v) is 9.18. The van der Waals surface area contributed by atoms with Gasteiger partial charge in [-0.15, -0.1) is 0 Å². The highest BCUT2D eigenvalue weighted by atomic mass is 32.2. The number of anilines is 1. The first-order valence-corrected chi connectivity index (χ1v) is 11.5. The minimum atomic E-state index is -0.347. The molecule has 8 heteroatoms. The molecule has 156 valence electrons. The molecular weight excluding hydrogens is 431 g/mol. The topological polar surface area (TPSA) is 70.2 Å². The molecule has 31 heavy (non-hydrogen) atoms. The monoisotopic (exact) mass is 450 g/mol. The molecule has 0 spiro atoms. The SMILES string of the molecule is Cc1c(C#N)c(NC(=O)CSC2=Nc3ccccc3CS2)n(-c2ccc(F)cc2)c1C. The second kappa shape index (κ2) is 9.00. The van der Waals surface area contributed by atoms with Gasteiger partial charge in [-0.25, -0.2) is 9.38 Å². The van der Waals surface area contributed by atoms with Gasteiger partial charge in [-0.3, -0.25) is 9.36 Å². The number of nitrogens with one attached hydrogen (secondary N) is 1. The Balaban J connectivity index is 1.54. The van der Waals surface area contributed by atoms with Crippen molar-refractivity contribution >= 4 is 45.3 Å². The lowest BCUT2D eigenvalue weighted by Crippen LogP contribution is -2.18. The molecule has 1 aliphatic rings. The maximum absolute atomic E-state index is 13.4. The number of rotatable bonds is 4. The predicted octanol–water partition coefficient (Wildman–Crippen LogP) is 5.71. The average Bonchev–Trinajstić information content (AvgIpc) is 3.01. The number of benzene rings is 2. The van der Waals surface area contributed by atoms with Crippen molar-refractivity contribution in [2.24, 2.45) is 4.99 Å². The van der Waals surface area contributed by atoms with E-state index in [1.165, 1.54) is 29.5 Å². The number of nitrogens with zero attached hydrogens (tertiary/aromatic N) is 3. The molecule has 0 bridgehead atoms. The van der Waals surface area contributed by atoms with Crippen molar-refractivity contribution in [2.45, 2.75) is 19.6 Å². The van der Waals surface area contributed by atoms with Gasteiger partial charge in [-0.1, -0.05) is 41.7 Å². The predicted molar refractivity (Wildman–Crippen MR) is 126 cm³/mol. The van der Waals surface area contributed by atoms with Crippen LogP contribution in [-0.4, -0.2) is 20.6 Å². The first kappa shape index (κ1) is 21.2. The van der Waals surface area contributed by atoms with Gasteiger partial charge in [0.2, 0.25) is 5.91 Å². The van der Waals surface area contributed by atoms with E-state index in [9.17, 15) is 14.4 Å². The summed E-state index contributed by atoms with van der Waals surface area (Å²) >= 11 is 2.99. The third-order valence-corrected chi connectivity index (χ3v) is 7.29. The van der Waals surface area contributed by atoms with Crippen LogP contribution >= 0.6 is 23.5 Å². The van der Waals surface area contributed by atoms with Crippen LogP contribution in [0.15, 0.2) is 53.5 Å². The molecule has 0 aliphatic carbocycles. The number of hydrogen-bond donors (Lipinski definition) is 1. The van der Waals surface area contributed by atoms with E-state index in [1.54, 1.807) is 28.5 Å². The zero-order valence-electron chi connectivity index (χ0n) is 17.0. The van der Waals surface area contributed by atoms with E-state index >= 15 is 0 Å². The summed E-state index contributed by atoms with van der Waals surface area (Å²) in [6.07, 6.45) is 0.